The molecule has 56 valence electrons. The molecule has 0 N–H and O–H groups in total. The van der Waals surface area contributed by atoms with Gasteiger partial charge in [0.15, 0.2) is 0 Å². The minimum atomic E-state index is 1.19. The number of benzene rings is 1. The number of hydrogen-bond donors (Lipinski definition) is 0. The first kappa shape index (κ1) is 6.40. The van der Waals surface area contributed by atoms with Gasteiger partial charge >= 0.3 is 0 Å². The van der Waals surface area contributed by atoms with Gasteiger partial charge < -0.3 is 0 Å². The molecular formula is C9H10N2. The van der Waals surface area contributed by atoms with E-state index in [1.807, 2.05) is 17.9 Å². The van der Waals surface area contributed by atoms with Crippen molar-refractivity contribution in [1.29, 1.82) is 0 Å². The topological polar surface area (TPSA) is 17.8 Å². The van der Waals surface area contributed by atoms with Crippen LogP contribution in [0, 0.1) is 6.92 Å². The first-order chi connectivity index (χ1) is 5.27. The van der Waals surface area contributed by atoms with Gasteiger partial charge in [-0.25, -0.2) is 0 Å². The van der Waals surface area contributed by atoms with Gasteiger partial charge in [0.05, 0.1) is 11.7 Å². The molecular weight excluding hydrogens is 136 g/mol. The summed E-state index contributed by atoms with van der Waals surface area (Å²) in [5.41, 5.74) is 2.47. The molecule has 0 bridgehead atoms. The summed E-state index contributed by atoms with van der Waals surface area (Å²) in [7, 11) is 1.96. The smallest absolute Gasteiger partial charge is 0.0679 e. The number of hydrogen-bond acceptors (Lipinski definition) is 1. The number of aryl methyl sites for hydroxylation is 2. The van der Waals surface area contributed by atoms with E-state index in [0.29, 0.717) is 0 Å². The van der Waals surface area contributed by atoms with Crippen LogP contribution >= 0.6 is 0 Å². The SMILES string of the molecule is Cc1ccc2c(cnn2C)c1. The maximum Gasteiger partial charge on any atom is 0.0679 e. The summed E-state index contributed by atoms with van der Waals surface area (Å²) in [5, 5.41) is 5.37. The van der Waals surface area contributed by atoms with Crippen LogP contribution in [0.15, 0.2) is 24.4 Å². The van der Waals surface area contributed by atoms with Gasteiger partial charge in [-0.1, -0.05) is 11.6 Å². The monoisotopic (exact) mass is 146 g/mol. The molecule has 0 aliphatic carbocycles. The number of rotatable bonds is 0. The second kappa shape index (κ2) is 2.09. The average Bonchev–Trinajstić information content (AvgIpc) is 2.32. The maximum atomic E-state index is 4.15. The molecule has 0 aliphatic rings. The van der Waals surface area contributed by atoms with Crippen LogP contribution in [0.1, 0.15) is 5.56 Å². The number of nitrogens with zero attached hydrogens (tertiary/aromatic N) is 2. The highest BCUT2D eigenvalue weighted by atomic mass is 15.2. The molecule has 0 amide bonds. The summed E-state index contributed by atoms with van der Waals surface area (Å²) in [6.07, 6.45) is 1.89. The van der Waals surface area contributed by atoms with E-state index in [2.05, 4.69) is 30.2 Å². The molecule has 2 heteroatoms. The highest BCUT2D eigenvalue weighted by Crippen LogP contribution is 2.13. The van der Waals surface area contributed by atoms with Crippen LogP contribution < -0.4 is 0 Å². The third-order valence-corrected chi connectivity index (χ3v) is 1.90. The second-order valence-corrected chi connectivity index (χ2v) is 2.83. The summed E-state index contributed by atoms with van der Waals surface area (Å²) >= 11 is 0. The normalized spacial score (nSPS) is 10.7. The molecule has 1 heterocycles. The predicted octanol–water partition coefficient (Wildman–Crippen LogP) is 1.88. The van der Waals surface area contributed by atoms with Gasteiger partial charge in [0.1, 0.15) is 0 Å². The minimum absolute atomic E-state index is 1.19. The van der Waals surface area contributed by atoms with Gasteiger partial charge in [-0.15, -0.1) is 0 Å². The van der Waals surface area contributed by atoms with Crippen LogP contribution in [0.2, 0.25) is 0 Å². The Bertz CT molecular complexity index is 387. The molecule has 0 saturated carbocycles. The summed E-state index contributed by atoms with van der Waals surface area (Å²) in [5.74, 6) is 0. The van der Waals surface area contributed by atoms with Crippen molar-refractivity contribution in [3.05, 3.63) is 30.0 Å². The first-order valence-corrected chi connectivity index (χ1v) is 3.66. The fourth-order valence-electron chi connectivity index (χ4n) is 1.28. The molecule has 2 nitrogen and oxygen atoms in total. The third-order valence-electron chi connectivity index (χ3n) is 1.90. The Morgan fingerprint density at radius 3 is 3.00 bits per heavy atom. The van der Waals surface area contributed by atoms with Gasteiger partial charge in [-0.05, 0) is 19.1 Å². The Kier molecular flexibility index (Phi) is 1.22. The van der Waals surface area contributed by atoms with Crippen molar-refractivity contribution < 1.29 is 0 Å². The lowest BCUT2D eigenvalue weighted by Crippen LogP contribution is -1.87. The third kappa shape index (κ3) is 0.909. The van der Waals surface area contributed by atoms with Gasteiger partial charge in [-0.2, -0.15) is 5.10 Å². The standard InChI is InChI=1S/C9H10N2/c1-7-3-4-9-8(5-7)6-10-11(9)2/h3-6H,1-2H3. The zero-order valence-electron chi connectivity index (χ0n) is 6.70. The van der Waals surface area contributed by atoms with Crippen LogP contribution in [0.5, 0.6) is 0 Å². The van der Waals surface area contributed by atoms with Crippen molar-refractivity contribution in [2.24, 2.45) is 7.05 Å². The van der Waals surface area contributed by atoms with Crippen molar-refractivity contribution in [2.45, 2.75) is 6.92 Å². The van der Waals surface area contributed by atoms with Crippen molar-refractivity contribution in [2.75, 3.05) is 0 Å². The summed E-state index contributed by atoms with van der Waals surface area (Å²) in [6, 6.07) is 6.34. The fraction of sp³-hybridized carbons (Fsp3) is 0.222. The zero-order chi connectivity index (χ0) is 7.84. The molecule has 0 aliphatic heterocycles. The number of aromatic nitrogens is 2. The van der Waals surface area contributed by atoms with E-state index in [-0.39, 0.29) is 0 Å². The van der Waals surface area contributed by atoms with E-state index in [1.54, 1.807) is 0 Å². The molecule has 11 heavy (non-hydrogen) atoms. The van der Waals surface area contributed by atoms with Crippen LogP contribution in [-0.2, 0) is 7.05 Å². The lowest BCUT2D eigenvalue weighted by atomic mass is 10.2. The van der Waals surface area contributed by atoms with Gasteiger partial charge in [0.25, 0.3) is 0 Å². The minimum Gasteiger partial charge on any atom is -0.268 e. The summed E-state index contributed by atoms with van der Waals surface area (Å²) in [4.78, 5) is 0. The van der Waals surface area contributed by atoms with Gasteiger partial charge in [-0.3, -0.25) is 4.68 Å². The van der Waals surface area contributed by atoms with Crippen molar-refractivity contribution in [3.63, 3.8) is 0 Å². The average molecular weight is 146 g/mol. The Hall–Kier alpha value is -1.31. The van der Waals surface area contributed by atoms with Crippen molar-refractivity contribution in [1.82, 2.24) is 9.78 Å². The van der Waals surface area contributed by atoms with Crippen LogP contribution in [0.4, 0.5) is 0 Å². The second-order valence-electron chi connectivity index (χ2n) is 2.83. The van der Waals surface area contributed by atoms with Crippen LogP contribution in [0.25, 0.3) is 10.9 Å². The molecule has 0 atom stereocenters. The predicted molar refractivity (Wildman–Crippen MR) is 45.5 cm³/mol. The molecule has 0 spiro atoms. The molecule has 0 unspecified atom stereocenters. The van der Waals surface area contributed by atoms with E-state index in [9.17, 15) is 0 Å². The Morgan fingerprint density at radius 2 is 2.18 bits per heavy atom. The molecule has 1 aromatic heterocycles. The van der Waals surface area contributed by atoms with Crippen molar-refractivity contribution in [3.8, 4) is 0 Å². The van der Waals surface area contributed by atoms with Gasteiger partial charge in [0.2, 0.25) is 0 Å². The van der Waals surface area contributed by atoms with Gasteiger partial charge in [0, 0.05) is 12.4 Å². The summed E-state index contributed by atoms with van der Waals surface area (Å²) < 4.78 is 1.88. The Morgan fingerprint density at radius 1 is 1.36 bits per heavy atom. The molecule has 2 rings (SSSR count). The molecule has 0 saturated heterocycles. The molecule has 2 aromatic rings. The molecule has 1 aromatic carbocycles. The number of fused-ring (bicyclic) bond motifs is 1. The Labute approximate surface area is 65.5 Å². The molecule has 0 radical (unpaired) electrons. The van der Waals surface area contributed by atoms with E-state index in [4.69, 9.17) is 0 Å². The van der Waals surface area contributed by atoms with Crippen molar-refractivity contribution >= 4 is 10.9 Å². The highest BCUT2D eigenvalue weighted by molar-refractivity contribution is 5.79. The van der Waals surface area contributed by atoms with E-state index in [1.165, 1.54) is 16.5 Å². The quantitative estimate of drug-likeness (QED) is 0.555. The van der Waals surface area contributed by atoms with Crippen LogP contribution in [-0.4, -0.2) is 9.78 Å². The largest absolute Gasteiger partial charge is 0.268 e. The Balaban J connectivity index is 2.86. The summed E-state index contributed by atoms with van der Waals surface area (Å²) in [6.45, 7) is 2.09. The van der Waals surface area contributed by atoms with E-state index < -0.39 is 0 Å². The zero-order valence-corrected chi connectivity index (χ0v) is 6.70. The fourth-order valence-corrected chi connectivity index (χ4v) is 1.28. The van der Waals surface area contributed by atoms with Crippen LogP contribution in [0.3, 0.4) is 0 Å². The van der Waals surface area contributed by atoms with E-state index >= 15 is 0 Å². The maximum absolute atomic E-state index is 4.15. The van der Waals surface area contributed by atoms with E-state index in [0.717, 1.165) is 0 Å². The highest BCUT2D eigenvalue weighted by Gasteiger charge is 1.96. The molecule has 0 fully saturated rings. The first-order valence-electron chi connectivity index (χ1n) is 3.66. The lowest BCUT2D eigenvalue weighted by molar-refractivity contribution is 0.797. The lowest BCUT2D eigenvalue weighted by Gasteiger charge is -1.93.